The van der Waals surface area contributed by atoms with Gasteiger partial charge in [-0.25, -0.2) is 5.43 Å². The maximum absolute atomic E-state index is 10.7. The van der Waals surface area contributed by atoms with Crippen molar-refractivity contribution in [1.29, 1.82) is 0 Å². The van der Waals surface area contributed by atoms with Crippen molar-refractivity contribution in [2.24, 2.45) is 12.1 Å². The van der Waals surface area contributed by atoms with E-state index in [1.165, 1.54) is 6.92 Å². The predicted octanol–water partition coefficient (Wildman–Crippen LogP) is 1.19. The number of hydrogen-bond acceptors (Lipinski definition) is 3. The second kappa shape index (κ2) is 3.86. The van der Waals surface area contributed by atoms with Gasteiger partial charge >= 0.3 is 0 Å². The first-order valence-electron chi connectivity index (χ1n) is 4.53. The quantitative estimate of drug-likeness (QED) is 0.722. The highest BCUT2D eigenvalue weighted by molar-refractivity contribution is 7.16. The Morgan fingerprint density at radius 1 is 1.47 bits per heavy atom. The van der Waals surface area contributed by atoms with Gasteiger partial charge in [0.05, 0.1) is 10.2 Å². The van der Waals surface area contributed by atoms with Gasteiger partial charge < -0.3 is 4.57 Å². The normalized spacial score (nSPS) is 12.0. The van der Waals surface area contributed by atoms with Gasteiger partial charge in [0.15, 0.2) is 0 Å². The van der Waals surface area contributed by atoms with Crippen LogP contribution in [0.3, 0.4) is 0 Å². The van der Waals surface area contributed by atoms with Gasteiger partial charge in [0.25, 0.3) is 0 Å². The molecule has 78 valence electrons. The van der Waals surface area contributed by atoms with E-state index in [1.807, 2.05) is 35.9 Å². The van der Waals surface area contributed by atoms with Crippen LogP contribution in [-0.2, 0) is 11.8 Å². The lowest BCUT2D eigenvalue weighted by molar-refractivity contribution is -0.119. The van der Waals surface area contributed by atoms with Gasteiger partial charge in [-0.05, 0) is 12.1 Å². The van der Waals surface area contributed by atoms with Crippen molar-refractivity contribution in [3.63, 3.8) is 0 Å². The minimum atomic E-state index is -0.160. The molecule has 0 unspecified atom stereocenters. The van der Waals surface area contributed by atoms with Gasteiger partial charge in [-0.15, -0.1) is 5.10 Å². The molecular weight excluding hydrogens is 210 g/mol. The number of amides is 1. The van der Waals surface area contributed by atoms with Crippen LogP contribution < -0.4 is 10.2 Å². The van der Waals surface area contributed by atoms with Crippen LogP contribution >= 0.6 is 11.3 Å². The Hall–Kier alpha value is -1.62. The minimum absolute atomic E-state index is 0.160. The summed E-state index contributed by atoms with van der Waals surface area (Å²) in [6, 6.07) is 8.03. The number of carbonyl (C=O) groups excluding carboxylic acids is 1. The molecule has 15 heavy (non-hydrogen) atoms. The molecule has 0 saturated carbocycles. The van der Waals surface area contributed by atoms with E-state index < -0.39 is 0 Å². The highest BCUT2D eigenvalue weighted by atomic mass is 32.1. The molecule has 1 heterocycles. The number of fused-ring (bicyclic) bond motifs is 1. The molecule has 0 aliphatic heterocycles. The number of carbonyl (C=O) groups is 1. The summed E-state index contributed by atoms with van der Waals surface area (Å²) in [7, 11) is 1.93. The molecule has 1 aromatic carbocycles. The number of aromatic nitrogens is 1. The van der Waals surface area contributed by atoms with Crippen LogP contribution in [0.2, 0.25) is 0 Å². The molecule has 0 radical (unpaired) electrons. The van der Waals surface area contributed by atoms with Crippen LogP contribution in [-0.4, -0.2) is 10.5 Å². The average molecular weight is 221 g/mol. The number of nitrogens with zero attached hydrogens (tertiary/aromatic N) is 2. The fourth-order valence-electron chi connectivity index (χ4n) is 1.31. The summed E-state index contributed by atoms with van der Waals surface area (Å²) < 4.78 is 3.11. The van der Waals surface area contributed by atoms with Crippen LogP contribution in [0.25, 0.3) is 10.2 Å². The molecule has 1 amide bonds. The molecule has 0 atom stereocenters. The topological polar surface area (TPSA) is 46.4 Å². The standard InChI is InChI=1S/C10H11N3OS/c1-7(14)11-12-10-13(2)8-5-3-4-6-9(8)15-10/h3-6H,1-2H3,(H,11,14)/b12-10+. The molecule has 4 nitrogen and oxygen atoms in total. The highest BCUT2D eigenvalue weighted by Gasteiger charge is 2.00. The van der Waals surface area contributed by atoms with E-state index in [1.54, 1.807) is 11.3 Å². The number of aryl methyl sites for hydroxylation is 1. The van der Waals surface area contributed by atoms with Gasteiger partial charge in [0.2, 0.25) is 10.7 Å². The second-order valence-corrected chi connectivity index (χ2v) is 4.20. The summed E-state index contributed by atoms with van der Waals surface area (Å²) in [6.45, 7) is 1.44. The number of thiazole rings is 1. The van der Waals surface area contributed by atoms with Gasteiger partial charge in [-0.3, -0.25) is 4.79 Å². The summed E-state index contributed by atoms with van der Waals surface area (Å²) in [5.74, 6) is -0.160. The molecule has 5 heteroatoms. The molecule has 0 bridgehead atoms. The summed E-state index contributed by atoms with van der Waals surface area (Å²) >= 11 is 1.55. The first kappa shape index (κ1) is 9.92. The number of hydrogen-bond donors (Lipinski definition) is 1. The Morgan fingerprint density at radius 2 is 2.20 bits per heavy atom. The van der Waals surface area contributed by atoms with Gasteiger partial charge in [0.1, 0.15) is 0 Å². The fraction of sp³-hybridized carbons (Fsp3) is 0.200. The Labute approximate surface area is 90.9 Å². The molecule has 0 spiro atoms. The van der Waals surface area contributed by atoms with Gasteiger partial charge in [0, 0.05) is 14.0 Å². The van der Waals surface area contributed by atoms with Crippen LogP contribution in [0.5, 0.6) is 0 Å². The molecule has 0 aliphatic rings. The molecule has 1 aromatic heterocycles. The maximum atomic E-state index is 10.7. The van der Waals surface area contributed by atoms with Crippen molar-refractivity contribution in [1.82, 2.24) is 9.99 Å². The van der Waals surface area contributed by atoms with Crippen LogP contribution in [0.4, 0.5) is 0 Å². The zero-order valence-corrected chi connectivity index (χ0v) is 9.34. The monoisotopic (exact) mass is 221 g/mol. The van der Waals surface area contributed by atoms with Crippen molar-refractivity contribution in [2.75, 3.05) is 0 Å². The number of para-hydroxylation sites is 1. The van der Waals surface area contributed by atoms with E-state index in [0.717, 1.165) is 15.0 Å². The molecule has 2 aromatic rings. The number of benzene rings is 1. The van der Waals surface area contributed by atoms with E-state index in [4.69, 9.17) is 0 Å². The van der Waals surface area contributed by atoms with Crippen molar-refractivity contribution in [3.8, 4) is 0 Å². The van der Waals surface area contributed by atoms with E-state index in [2.05, 4.69) is 10.5 Å². The fourth-order valence-corrected chi connectivity index (χ4v) is 2.29. The average Bonchev–Trinajstić information content (AvgIpc) is 2.54. The summed E-state index contributed by atoms with van der Waals surface area (Å²) in [5, 5.41) is 4.02. The Balaban J connectivity index is 2.58. The summed E-state index contributed by atoms with van der Waals surface area (Å²) in [5.41, 5.74) is 3.56. The van der Waals surface area contributed by atoms with Crippen molar-refractivity contribution in [2.45, 2.75) is 6.92 Å². The smallest absolute Gasteiger partial charge is 0.237 e. The lowest BCUT2D eigenvalue weighted by Gasteiger charge is -1.94. The van der Waals surface area contributed by atoms with Crippen LogP contribution in [0, 0.1) is 0 Å². The van der Waals surface area contributed by atoms with Crippen LogP contribution in [0.15, 0.2) is 29.4 Å². The largest absolute Gasteiger partial charge is 0.318 e. The number of rotatable bonds is 1. The lowest BCUT2D eigenvalue weighted by Crippen LogP contribution is -2.20. The maximum Gasteiger partial charge on any atom is 0.237 e. The summed E-state index contributed by atoms with van der Waals surface area (Å²) in [6.07, 6.45) is 0. The van der Waals surface area contributed by atoms with E-state index in [9.17, 15) is 4.79 Å². The van der Waals surface area contributed by atoms with Crippen molar-refractivity contribution in [3.05, 3.63) is 29.1 Å². The SMILES string of the molecule is CC(=O)N/N=c1/sc2ccccc2n1C. The number of nitrogens with one attached hydrogen (secondary N) is 1. The lowest BCUT2D eigenvalue weighted by atomic mass is 10.3. The van der Waals surface area contributed by atoms with Gasteiger partial charge in [-0.1, -0.05) is 23.5 Å². The van der Waals surface area contributed by atoms with E-state index >= 15 is 0 Å². The third-order valence-corrected chi connectivity index (χ3v) is 3.14. The van der Waals surface area contributed by atoms with Crippen LogP contribution in [0.1, 0.15) is 6.92 Å². The Bertz CT molecular complexity index is 567. The zero-order valence-electron chi connectivity index (χ0n) is 8.52. The van der Waals surface area contributed by atoms with Gasteiger partial charge in [-0.2, -0.15) is 0 Å². The molecule has 0 aliphatic carbocycles. The summed E-state index contributed by atoms with van der Waals surface area (Å²) in [4.78, 5) is 11.5. The molecule has 0 fully saturated rings. The molecule has 0 saturated heterocycles. The Morgan fingerprint density at radius 3 is 2.87 bits per heavy atom. The zero-order chi connectivity index (χ0) is 10.8. The highest BCUT2D eigenvalue weighted by Crippen LogP contribution is 2.14. The van der Waals surface area contributed by atoms with Crippen molar-refractivity contribution >= 4 is 27.5 Å². The second-order valence-electron chi connectivity index (χ2n) is 3.19. The van der Waals surface area contributed by atoms with Crippen molar-refractivity contribution < 1.29 is 4.79 Å². The molecule has 1 N–H and O–H groups in total. The third-order valence-electron chi connectivity index (χ3n) is 2.02. The molecule has 2 rings (SSSR count). The van der Waals surface area contributed by atoms with E-state index in [0.29, 0.717) is 0 Å². The van der Waals surface area contributed by atoms with E-state index in [-0.39, 0.29) is 5.91 Å². The predicted molar refractivity (Wildman–Crippen MR) is 60.2 cm³/mol. The molecular formula is C10H11N3OS. The minimum Gasteiger partial charge on any atom is -0.318 e. The third kappa shape index (κ3) is 1.92. The Kier molecular flexibility index (Phi) is 2.55. The first-order chi connectivity index (χ1) is 7.18. The first-order valence-corrected chi connectivity index (χ1v) is 5.35.